The molecule has 0 saturated carbocycles. The zero-order valence-electron chi connectivity index (χ0n) is 11.6. The number of rotatable bonds is 8. The molecule has 3 unspecified atom stereocenters. The van der Waals surface area contributed by atoms with E-state index >= 15 is 0 Å². The van der Waals surface area contributed by atoms with Gasteiger partial charge in [-0.05, 0) is 34.6 Å². The van der Waals surface area contributed by atoms with Gasteiger partial charge in [0.1, 0.15) is 17.1 Å². The van der Waals surface area contributed by atoms with E-state index in [9.17, 15) is 19.3 Å². The molecule has 110 valence electrons. The second-order valence-corrected chi connectivity index (χ2v) is 10.6. The Bertz CT molecular complexity index is 319. The van der Waals surface area contributed by atoms with Crippen LogP contribution in [0, 0.1) is 0 Å². The van der Waals surface area contributed by atoms with E-state index in [4.69, 9.17) is 9.05 Å². The first-order chi connectivity index (χ1) is 8.16. The highest BCUT2D eigenvalue weighted by Gasteiger charge is 2.50. The lowest BCUT2D eigenvalue weighted by Gasteiger charge is -2.33. The lowest BCUT2D eigenvalue weighted by molar-refractivity contribution is 0.207. The van der Waals surface area contributed by atoms with Gasteiger partial charge in [-0.3, -0.25) is 4.57 Å². The van der Waals surface area contributed by atoms with Gasteiger partial charge in [-0.25, -0.2) is 0 Å². The van der Waals surface area contributed by atoms with E-state index in [-0.39, 0.29) is 13.2 Å². The quantitative estimate of drug-likeness (QED) is 0.669. The Morgan fingerprint density at radius 2 is 1.28 bits per heavy atom. The van der Waals surface area contributed by atoms with E-state index in [0.29, 0.717) is 0 Å². The summed E-state index contributed by atoms with van der Waals surface area (Å²) in [6, 6.07) is 0. The van der Waals surface area contributed by atoms with Crippen LogP contribution in [0.5, 0.6) is 0 Å². The molecule has 0 aliphatic heterocycles. The average molecular weight is 302 g/mol. The molecular formula is C10H24O6P2. The smallest absolute Gasteiger partial charge is 0.340 e. The van der Waals surface area contributed by atoms with Crippen molar-refractivity contribution in [1.82, 2.24) is 0 Å². The minimum Gasteiger partial charge on any atom is -0.386 e. The van der Waals surface area contributed by atoms with Crippen molar-refractivity contribution in [3.05, 3.63) is 0 Å². The van der Waals surface area contributed by atoms with Gasteiger partial charge in [-0.1, -0.05) is 0 Å². The van der Waals surface area contributed by atoms with Crippen LogP contribution in [0.2, 0.25) is 0 Å². The lowest BCUT2D eigenvalue weighted by atomic mass is 10.8. The van der Waals surface area contributed by atoms with E-state index in [0.717, 1.165) is 0 Å². The van der Waals surface area contributed by atoms with Crippen molar-refractivity contribution in [2.75, 3.05) is 13.2 Å². The largest absolute Gasteiger partial charge is 0.386 e. The van der Waals surface area contributed by atoms with Gasteiger partial charge in [0.2, 0.25) is 0 Å². The Balaban J connectivity index is 5.48. The monoisotopic (exact) mass is 302 g/mol. The van der Waals surface area contributed by atoms with Gasteiger partial charge >= 0.3 is 7.60 Å². The Labute approximate surface area is 109 Å². The summed E-state index contributed by atoms with van der Waals surface area (Å²) in [5, 5.41) is 18.3. The first kappa shape index (κ1) is 18.3. The molecule has 0 aromatic carbocycles. The van der Waals surface area contributed by atoms with Crippen molar-refractivity contribution >= 4 is 14.7 Å². The maximum Gasteiger partial charge on any atom is 0.340 e. The van der Waals surface area contributed by atoms with Gasteiger partial charge in [0.15, 0.2) is 7.14 Å². The highest BCUT2D eigenvalue weighted by atomic mass is 31.2. The lowest BCUT2D eigenvalue weighted by Crippen LogP contribution is -2.23. The maximum absolute atomic E-state index is 12.7. The zero-order valence-corrected chi connectivity index (χ0v) is 13.4. The van der Waals surface area contributed by atoms with Crippen LogP contribution in [0.25, 0.3) is 0 Å². The van der Waals surface area contributed by atoms with Crippen molar-refractivity contribution in [2.45, 2.75) is 51.7 Å². The van der Waals surface area contributed by atoms with E-state index < -0.39 is 31.8 Å². The molecule has 0 radical (unpaired) electrons. The molecule has 0 rings (SSSR count). The summed E-state index contributed by atoms with van der Waals surface area (Å²) in [7, 11) is -7.16. The fourth-order valence-electron chi connectivity index (χ4n) is 1.77. The molecule has 18 heavy (non-hydrogen) atoms. The summed E-state index contributed by atoms with van der Waals surface area (Å²) in [5.74, 6) is -2.55. The van der Waals surface area contributed by atoms with Crippen LogP contribution in [0.1, 0.15) is 34.6 Å². The Morgan fingerprint density at radius 3 is 1.50 bits per heavy atom. The van der Waals surface area contributed by atoms with Crippen LogP contribution < -0.4 is 0 Å². The molecule has 0 aromatic heterocycles. The molecule has 2 N–H and O–H groups in total. The van der Waals surface area contributed by atoms with Crippen LogP contribution in [0.4, 0.5) is 0 Å². The van der Waals surface area contributed by atoms with Crippen LogP contribution in [-0.2, 0) is 18.2 Å². The van der Waals surface area contributed by atoms with Crippen molar-refractivity contribution < 1.29 is 28.4 Å². The summed E-state index contributed by atoms with van der Waals surface area (Å²) < 4.78 is 35.4. The summed E-state index contributed by atoms with van der Waals surface area (Å²) in [5.41, 5.74) is 0. The summed E-state index contributed by atoms with van der Waals surface area (Å²) in [6.07, 6.45) is 0. The molecular weight excluding hydrogens is 278 g/mol. The molecule has 0 aliphatic rings. The highest BCUT2D eigenvalue weighted by Crippen LogP contribution is 2.72. The topological polar surface area (TPSA) is 93.1 Å². The first-order valence-corrected chi connectivity index (χ1v) is 9.53. The van der Waals surface area contributed by atoms with Gasteiger partial charge in [0, 0.05) is 0 Å². The molecule has 0 aromatic rings. The fourth-order valence-corrected chi connectivity index (χ4v) is 8.20. The first-order valence-electron chi connectivity index (χ1n) is 6.00. The second-order valence-electron chi connectivity index (χ2n) is 4.03. The van der Waals surface area contributed by atoms with E-state index in [2.05, 4.69) is 0 Å². The van der Waals surface area contributed by atoms with Crippen LogP contribution in [0.15, 0.2) is 0 Å². The van der Waals surface area contributed by atoms with Gasteiger partial charge in [0.05, 0.1) is 13.2 Å². The predicted octanol–water partition coefficient (Wildman–Crippen LogP) is 2.64. The van der Waals surface area contributed by atoms with E-state index in [1.165, 1.54) is 20.8 Å². The Hall–Kier alpha value is 0.300. The molecule has 0 fully saturated rings. The number of aliphatic hydroxyl groups excluding tert-OH is 2. The summed E-state index contributed by atoms with van der Waals surface area (Å²) in [6.45, 7) is 7.62. The zero-order chi connectivity index (χ0) is 14.6. The molecule has 0 saturated heterocycles. The van der Waals surface area contributed by atoms with Crippen molar-refractivity contribution in [3.63, 3.8) is 0 Å². The number of hydrogen-bond acceptors (Lipinski definition) is 6. The van der Waals surface area contributed by atoms with Crippen molar-refractivity contribution in [1.29, 1.82) is 0 Å². The number of hydrogen-bond donors (Lipinski definition) is 2. The van der Waals surface area contributed by atoms with Crippen LogP contribution in [0.3, 0.4) is 0 Å². The third-order valence-electron chi connectivity index (χ3n) is 2.83. The van der Waals surface area contributed by atoms with Crippen LogP contribution >= 0.6 is 14.7 Å². The van der Waals surface area contributed by atoms with E-state index in [1.54, 1.807) is 13.8 Å². The molecule has 3 atom stereocenters. The molecule has 8 heteroatoms. The molecule has 6 nitrogen and oxygen atoms in total. The van der Waals surface area contributed by atoms with Gasteiger partial charge < -0.3 is 23.8 Å². The molecule has 0 amide bonds. The minimum absolute atomic E-state index is 0.140. The van der Waals surface area contributed by atoms with Crippen LogP contribution in [-0.4, -0.2) is 40.5 Å². The van der Waals surface area contributed by atoms with Gasteiger partial charge in [0.25, 0.3) is 0 Å². The SMILES string of the molecule is CCOP(=O)(OCC)C(C)P(=O)(C(C)O)C(C)O. The second kappa shape index (κ2) is 7.18. The molecule has 0 heterocycles. The molecule has 0 bridgehead atoms. The Morgan fingerprint density at radius 1 is 0.944 bits per heavy atom. The Kier molecular flexibility index (Phi) is 7.30. The predicted molar refractivity (Wildman–Crippen MR) is 71.3 cm³/mol. The molecule has 0 aliphatic carbocycles. The van der Waals surface area contributed by atoms with Gasteiger partial charge in [-0.2, -0.15) is 0 Å². The average Bonchev–Trinajstić information content (AvgIpc) is 2.26. The third-order valence-corrected chi connectivity index (χ3v) is 10.4. The van der Waals surface area contributed by atoms with E-state index in [1.807, 2.05) is 0 Å². The van der Waals surface area contributed by atoms with Crippen molar-refractivity contribution in [2.24, 2.45) is 0 Å². The molecule has 0 spiro atoms. The van der Waals surface area contributed by atoms with Gasteiger partial charge in [-0.15, -0.1) is 0 Å². The van der Waals surface area contributed by atoms with Crippen molar-refractivity contribution in [3.8, 4) is 0 Å². The minimum atomic E-state index is -3.62. The standard InChI is InChI=1S/C10H24O6P2/c1-6-15-18(14,16-7-2)10(5)17(13,8(3)11)9(4)12/h8-12H,6-7H2,1-5H3. The fraction of sp³-hybridized carbons (Fsp3) is 1.00. The summed E-state index contributed by atoms with van der Waals surface area (Å²) in [4.78, 5) is 0. The third kappa shape index (κ3) is 3.66. The summed E-state index contributed by atoms with van der Waals surface area (Å²) >= 11 is 0. The number of aliphatic hydroxyl groups is 2. The maximum atomic E-state index is 12.7. The normalized spacial score (nSPS) is 21.1. The highest BCUT2D eigenvalue weighted by molar-refractivity contribution is 7.78.